The number of thioether (sulfide) groups is 1. The smallest absolute Gasteiger partial charge is 0.316 e. The van der Waals surface area contributed by atoms with E-state index in [1.54, 1.807) is 14.2 Å². The minimum Gasteiger partial charge on any atom is -0.493 e. The molecule has 0 unspecified atom stereocenters. The van der Waals surface area contributed by atoms with Crippen molar-refractivity contribution in [3.63, 3.8) is 0 Å². The monoisotopic (exact) mass is 351 g/mol. The molecule has 130 valence electrons. The number of carbonyl (C=O) groups excluding carboxylic acids is 1. The SMILES string of the molecule is COc1ccc(-c2nnc(SCC(=O)OC(C)C)n2C)cc1OC. The fourth-order valence-corrected chi connectivity index (χ4v) is 2.78. The summed E-state index contributed by atoms with van der Waals surface area (Å²) < 4.78 is 17.5. The number of rotatable bonds is 7. The predicted octanol–water partition coefficient (Wildman–Crippen LogP) is 2.54. The summed E-state index contributed by atoms with van der Waals surface area (Å²) in [6.45, 7) is 3.64. The maximum atomic E-state index is 11.6. The number of methoxy groups -OCH3 is 2. The van der Waals surface area contributed by atoms with Crippen LogP contribution in [-0.4, -0.2) is 46.8 Å². The minimum absolute atomic E-state index is 0.125. The number of aromatic nitrogens is 3. The third-order valence-electron chi connectivity index (χ3n) is 3.16. The maximum Gasteiger partial charge on any atom is 0.316 e. The molecule has 2 rings (SSSR count). The summed E-state index contributed by atoms with van der Waals surface area (Å²) in [5.74, 6) is 1.86. The van der Waals surface area contributed by atoms with Gasteiger partial charge in [0.2, 0.25) is 0 Å². The number of carbonyl (C=O) groups is 1. The normalized spacial score (nSPS) is 10.8. The van der Waals surface area contributed by atoms with Crippen molar-refractivity contribution in [3.05, 3.63) is 18.2 Å². The van der Waals surface area contributed by atoms with Gasteiger partial charge in [-0.3, -0.25) is 4.79 Å². The van der Waals surface area contributed by atoms with Crippen molar-refractivity contribution in [2.75, 3.05) is 20.0 Å². The number of hydrogen-bond donors (Lipinski definition) is 0. The molecule has 0 radical (unpaired) electrons. The number of esters is 1. The minimum atomic E-state index is -0.273. The van der Waals surface area contributed by atoms with Gasteiger partial charge in [-0.2, -0.15) is 0 Å². The quantitative estimate of drug-likeness (QED) is 0.560. The van der Waals surface area contributed by atoms with Gasteiger partial charge in [-0.05, 0) is 32.0 Å². The van der Waals surface area contributed by atoms with Crippen LogP contribution in [0.1, 0.15) is 13.8 Å². The molecule has 0 aliphatic heterocycles. The molecule has 0 bridgehead atoms. The molecule has 0 atom stereocenters. The fraction of sp³-hybridized carbons (Fsp3) is 0.438. The molecule has 0 saturated heterocycles. The average Bonchev–Trinajstić information content (AvgIpc) is 2.92. The molecule has 0 aliphatic carbocycles. The van der Waals surface area contributed by atoms with Gasteiger partial charge in [0.1, 0.15) is 0 Å². The highest BCUT2D eigenvalue weighted by atomic mass is 32.2. The van der Waals surface area contributed by atoms with Crippen LogP contribution in [0, 0.1) is 0 Å². The van der Waals surface area contributed by atoms with Crippen LogP contribution in [0.5, 0.6) is 11.5 Å². The molecule has 7 nitrogen and oxygen atoms in total. The highest BCUT2D eigenvalue weighted by Gasteiger charge is 2.15. The molecule has 0 saturated carbocycles. The van der Waals surface area contributed by atoms with Crippen molar-refractivity contribution in [2.45, 2.75) is 25.1 Å². The Morgan fingerprint density at radius 3 is 2.54 bits per heavy atom. The second kappa shape index (κ2) is 8.05. The van der Waals surface area contributed by atoms with E-state index in [1.165, 1.54) is 11.8 Å². The molecule has 0 fully saturated rings. The van der Waals surface area contributed by atoms with Crippen LogP contribution in [0.3, 0.4) is 0 Å². The lowest BCUT2D eigenvalue weighted by Crippen LogP contribution is -2.13. The zero-order chi connectivity index (χ0) is 17.7. The van der Waals surface area contributed by atoms with Crippen LogP contribution in [0.25, 0.3) is 11.4 Å². The molecular formula is C16H21N3O4S. The lowest BCUT2D eigenvalue weighted by atomic mass is 10.2. The summed E-state index contributed by atoms with van der Waals surface area (Å²) in [5.41, 5.74) is 0.847. The van der Waals surface area contributed by atoms with Gasteiger partial charge in [0, 0.05) is 12.6 Å². The van der Waals surface area contributed by atoms with E-state index in [2.05, 4.69) is 10.2 Å². The first-order chi connectivity index (χ1) is 11.5. The number of benzene rings is 1. The van der Waals surface area contributed by atoms with E-state index >= 15 is 0 Å². The summed E-state index contributed by atoms with van der Waals surface area (Å²) in [5, 5.41) is 8.98. The van der Waals surface area contributed by atoms with E-state index in [9.17, 15) is 4.79 Å². The summed E-state index contributed by atoms with van der Waals surface area (Å²) in [6.07, 6.45) is -0.125. The lowest BCUT2D eigenvalue weighted by Gasteiger charge is -2.09. The predicted molar refractivity (Wildman–Crippen MR) is 91.5 cm³/mol. The molecule has 2 aromatic rings. The van der Waals surface area contributed by atoms with Crippen LogP contribution in [0.4, 0.5) is 0 Å². The number of nitrogens with zero attached hydrogens (tertiary/aromatic N) is 3. The van der Waals surface area contributed by atoms with Crippen LogP contribution in [0.2, 0.25) is 0 Å². The van der Waals surface area contributed by atoms with Gasteiger partial charge in [0.15, 0.2) is 22.5 Å². The van der Waals surface area contributed by atoms with Gasteiger partial charge in [0.25, 0.3) is 0 Å². The topological polar surface area (TPSA) is 75.5 Å². The number of ether oxygens (including phenoxy) is 3. The van der Waals surface area contributed by atoms with Crippen molar-refractivity contribution >= 4 is 17.7 Å². The summed E-state index contributed by atoms with van der Waals surface area (Å²) in [4.78, 5) is 11.6. The van der Waals surface area contributed by atoms with Crippen molar-refractivity contribution in [3.8, 4) is 22.9 Å². The van der Waals surface area contributed by atoms with Crippen LogP contribution < -0.4 is 9.47 Å². The Morgan fingerprint density at radius 2 is 1.92 bits per heavy atom. The van der Waals surface area contributed by atoms with Gasteiger partial charge >= 0.3 is 5.97 Å². The van der Waals surface area contributed by atoms with Crippen LogP contribution in [-0.2, 0) is 16.6 Å². The summed E-state index contributed by atoms with van der Waals surface area (Å²) in [7, 11) is 5.02. The van der Waals surface area contributed by atoms with E-state index in [0.29, 0.717) is 22.5 Å². The summed E-state index contributed by atoms with van der Waals surface area (Å²) in [6, 6.07) is 5.53. The molecule has 1 aromatic carbocycles. The van der Waals surface area contributed by atoms with Gasteiger partial charge in [-0.1, -0.05) is 11.8 Å². The van der Waals surface area contributed by atoms with E-state index in [-0.39, 0.29) is 17.8 Å². The molecule has 0 aliphatic rings. The molecular weight excluding hydrogens is 330 g/mol. The standard InChI is InChI=1S/C16H21N3O4S/c1-10(2)23-14(20)9-24-16-18-17-15(19(16)3)11-6-7-12(21-4)13(8-11)22-5/h6-8,10H,9H2,1-5H3. The second-order valence-corrected chi connectivity index (χ2v) is 6.20. The van der Waals surface area contributed by atoms with Gasteiger partial charge in [-0.25, -0.2) is 0 Å². The second-order valence-electron chi connectivity index (χ2n) is 5.26. The largest absolute Gasteiger partial charge is 0.493 e. The Balaban J connectivity index is 2.16. The zero-order valence-corrected chi connectivity index (χ0v) is 15.2. The lowest BCUT2D eigenvalue weighted by molar-refractivity contribution is -0.144. The first-order valence-electron chi connectivity index (χ1n) is 7.40. The van der Waals surface area contributed by atoms with Crippen molar-refractivity contribution in [1.82, 2.24) is 14.8 Å². The highest BCUT2D eigenvalue weighted by molar-refractivity contribution is 7.99. The highest BCUT2D eigenvalue weighted by Crippen LogP contribution is 2.32. The van der Waals surface area contributed by atoms with Gasteiger partial charge < -0.3 is 18.8 Å². The van der Waals surface area contributed by atoms with Crippen molar-refractivity contribution in [1.29, 1.82) is 0 Å². The molecule has 8 heteroatoms. The maximum absolute atomic E-state index is 11.6. The number of hydrogen-bond acceptors (Lipinski definition) is 7. The van der Waals surface area contributed by atoms with E-state index in [1.807, 2.05) is 43.7 Å². The van der Waals surface area contributed by atoms with Crippen LogP contribution in [0.15, 0.2) is 23.4 Å². The third-order valence-corrected chi connectivity index (χ3v) is 4.16. The Labute approximate surface area is 145 Å². The third kappa shape index (κ3) is 4.19. The Morgan fingerprint density at radius 1 is 1.21 bits per heavy atom. The van der Waals surface area contributed by atoms with Crippen LogP contribution >= 0.6 is 11.8 Å². The molecule has 0 spiro atoms. The van der Waals surface area contributed by atoms with Gasteiger partial charge in [0.05, 0.1) is 26.1 Å². The zero-order valence-electron chi connectivity index (χ0n) is 14.4. The van der Waals surface area contributed by atoms with Gasteiger partial charge in [-0.15, -0.1) is 10.2 Å². The van der Waals surface area contributed by atoms with E-state index in [0.717, 1.165) is 5.56 Å². The first kappa shape index (κ1) is 18.1. The molecule has 1 aromatic heterocycles. The van der Waals surface area contributed by atoms with Crippen molar-refractivity contribution in [2.24, 2.45) is 7.05 Å². The first-order valence-corrected chi connectivity index (χ1v) is 8.39. The van der Waals surface area contributed by atoms with E-state index in [4.69, 9.17) is 14.2 Å². The van der Waals surface area contributed by atoms with E-state index < -0.39 is 0 Å². The Hall–Kier alpha value is -2.22. The Kier molecular flexibility index (Phi) is 6.08. The fourth-order valence-electron chi connectivity index (χ4n) is 2.09. The molecule has 24 heavy (non-hydrogen) atoms. The molecule has 1 heterocycles. The average molecular weight is 351 g/mol. The summed E-state index contributed by atoms with van der Waals surface area (Å²) >= 11 is 1.29. The Bertz CT molecular complexity index is 715. The molecule has 0 amide bonds. The molecule has 0 N–H and O–H groups in total. The van der Waals surface area contributed by atoms with Crippen molar-refractivity contribution < 1.29 is 19.0 Å².